The van der Waals surface area contributed by atoms with Gasteiger partial charge >= 0.3 is 5.97 Å². The summed E-state index contributed by atoms with van der Waals surface area (Å²) in [6.45, 7) is 6.31. The van der Waals surface area contributed by atoms with Crippen LogP contribution in [0.15, 0.2) is 4.99 Å². The van der Waals surface area contributed by atoms with Crippen LogP contribution in [0.3, 0.4) is 0 Å². The molecule has 0 unspecified atom stereocenters. The highest BCUT2D eigenvalue weighted by Crippen LogP contribution is 2.09. The van der Waals surface area contributed by atoms with Crippen LogP contribution < -0.4 is 5.43 Å². The van der Waals surface area contributed by atoms with Crippen molar-refractivity contribution in [3.8, 4) is 0 Å². The Kier molecular flexibility index (Phi) is 7.04. The van der Waals surface area contributed by atoms with Crippen LogP contribution in [-0.2, 0) is 9.53 Å². The molecule has 0 fully saturated rings. The van der Waals surface area contributed by atoms with Gasteiger partial charge in [0.1, 0.15) is 6.67 Å². The van der Waals surface area contributed by atoms with Gasteiger partial charge in [-0.25, -0.2) is 10.0 Å². The molecule has 0 aromatic carbocycles. The molecule has 5 nitrogen and oxygen atoms in total. The number of nitrogens with one attached hydrogen (secondary N) is 1. The molecule has 0 bridgehead atoms. The molecule has 1 N–H and O–H groups in total. The summed E-state index contributed by atoms with van der Waals surface area (Å²) in [5, 5.41) is 2.87. The van der Waals surface area contributed by atoms with Crippen LogP contribution in [0.1, 0.15) is 33.1 Å². The van der Waals surface area contributed by atoms with Crippen molar-refractivity contribution in [2.45, 2.75) is 33.1 Å². The molecule has 1 heterocycles. The first kappa shape index (κ1) is 14.3. The topological polar surface area (TPSA) is 53.9 Å². The quantitative estimate of drug-likeness (QED) is 0.704. The number of nitrogens with zero attached hydrogens (tertiary/aromatic N) is 2. The molecule has 0 saturated heterocycles. The number of thioether (sulfide) groups is 1. The summed E-state index contributed by atoms with van der Waals surface area (Å²) in [6.07, 6.45) is 3.18. The molecule has 0 atom stereocenters. The third-order valence-electron chi connectivity index (χ3n) is 2.21. The van der Waals surface area contributed by atoms with Crippen LogP contribution in [-0.4, -0.2) is 41.7 Å². The second kappa shape index (κ2) is 8.36. The molecule has 0 saturated carbocycles. The van der Waals surface area contributed by atoms with Gasteiger partial charge in [-0.3, -0.25) is 10.2 Å². The molecular formula is C11H21N3O2S. The summed E-state index contributed by atoms with van der Waals surface area (Å²) in [6, 6.07) is 0. The van der Waals surface area contributed by atoms with E-state index in [4.69, 9.17) is 4.74 Å². The lowest BCUT2D eigenvalue weighted by molar-refractivity contribution is -0.140. The summed E-state index contributed by atoms with van der Waals surface area (Å²) < 4.78 is 4.99. The van der Waals surface area contributed by atoms with E-state index in [0.29, 0.717) is 19.0 Å². The first-order valence-corrected chi connectivity index (χ1v) is 7.09. The van der Waals surface area contributed by atoms with Gasteiger partial charge in [-0.2, -0.15) is 0 Å². The number of esters is 1. The molecule has 1 aliphatic rings. The number of unbranched alkanes of at least 4 members (excludes halogenated alkanes) is 1. The zero-order valence-corrected chi connectivity index (χ0v) is 11.4. The number of amidine groups is 1. The van der Waals surface area contributed by atoms with Gasteiger partial charge in [0.25, 0.3) is 0 Å². The number of rotatable bonds is 7. The molecule has 0 spiro atoms. The Bertz CT molecular complexity index is 271. The fraction of sp³-hybridized carbons (Fsp3) is 0.818. The van der Waals surface area contributed by atoms with Gasteiger partial charge in [0.05, 0.1) is 12.4 Å². The van der Waals surface area contributed by atoms with Crippen molar-refractivity contribution in [1.29, 1.82) is 0 Å². The van der Waals surface area contributed by atoms with Crippen molar-refractivity contribution in [1.82, 2.24) is 10.4 Å². The van der Waals surface area contributed by atoms with Crippen LogP contribution in [0, 0.1) is 0 Å². The minimum Gasteiger partial charge on any atom is -0.465 e. The standard InChI is InChI=1S/C11H21N3O2S/c1-3-5-6-14-9-12-11(13-14)17-8-10(15)16-7-4-2/h3-9H2,1-2H3,(H,12,13). The number of hydrogen-bond acceptors (Lipinski definition) is 6. The van der Waals surface area contributed by atoms with Crippen molar-refractivity contribution in [2.75, 3.05) is 25.6 Å². The van der Waals surface area contributed by atoms with E-state index in [0.717, 1.165) is 24.6 Å². The largest absolute Gasteiger partial charge is 0.465 e. The van der Waals surface area contributed by atoms with E-state index in [9.17, 15) is 4.79 Å². The van der Waals surface area contributed by atoms with Crippen LogP contribution in [0.5, 0.6) is 0 Å². The first-order valence-electron chi connectivity index (χ1n) is 6.10. The van der Waals surface area contributed by atoms with Crippen molar-refractivity contribution in [3.05, 3.63) is 0 Å². The van der Waals surface area contributed by atoms with Crippen LogP contribution in [0.4, 0.5) is 0 Å². The van der Waals surface area contributed by atoms with Crippen molar-refractivity contribution >= 4 is 22.9 Å². The van der Waals surface area contributed by atoms with E-state index >= 15 is 0 Å². The molecule has 1 rings (SSSR count). The fourth-order valence-corrected chi connectivity index (χ4v) is 1.97. The second-order valence-corrected chi connectivity index (χ2v) is 4.81. The number of aliphatic imine (C=N–C) groups is 1. The van der Waals surface area contributed by atoms with E-state index in [1.54, 1.807) is 0 Å². The van der Waals surface area contributed by atoms with E-state index < -0.39 is 0 Å². The van der Waals surface area contributed by atoms with E-state index in [1.165, 1.54) is 18.2 Å². The molecule has 0 aromatic heterocycles. The minimum absolute atomic E-state index is 0.173. The molecule has 1 aliphatic heterocycles. The average Bonchev–Trinajstić information content (AvgIpc) is 2.79. The summed E-state index contributed by atoms with van der Waals surface area (Å²) in [4.78, 5) is 15.6. The second-order valence-electron chi connectivity index (χ2n) is 3.84. The Morgan fingerprint density at radius 3 is 3.06 bits per heavy atom. The lowest BCUT2D eigenvalue weighted by Crippen LogP contribution is -2.35. The number of hydrogen-bond donors (Lipinski definition) is 1. The van der Waals surface area contributed by atoms with Gasteiger partial charge in [-0.1, -0.05) is 32.0 Å². The van der Waals surface area contributed by atoms with Crippen molar-refractivity contribution in [2.24, 2.45) is 4.99 Å². The third-order valence-corrected chi connectivity index (χ3v) is 3.09. The Morgan fingerprint density at radius 2 is 2.35 bits per heavy atom. The van der Waals surface area contributed by atoms with Gasteiger partial charge in [0.2, 0.25) is 0 Å². The molecule has 0 amide bonds. The summed E-state index contributed by atoms with van der Waals surface area (Å²) in [5.74, 6) is 0.154. The highest BCUT2D eigenvalue weighted by atomic mass is 32.2. The maximum atomic E-state index is 11.3. The minimum atomic E-state index is -0.173. The van der Waals surface area contributed by atoms with Crippen LogP contribution in [0.2, 0.25) is 0 Å². The molecule has 0 aromatic rings. The molecule has 6 heteroatoms. The van der Waals surface area contributed by atoms with Gasteiger partial charge < -0.3 is 4.74 Å². The number of carbonyl (C=O) groups excluding carboxylic acids is 1. The van der Waals surface area contributed by atoms with Crippen LogP contribution in [0.25, 0.3) is 0 Å². The Hall–Kier alpha value is -0.750. The lowest BCUT2D eigenvalue weighted by atomic mass is 10.3. The molecule has 0 aliphatic carbocycles. The van der Waals surface area contributed by atoms with Gasteiger partial charge in [-0.15, -0.1) is 0 Å². The Balaban J connectivity index is 2.11. The summed E-state index contributed by atoms with van der Waals surface area (Å²) in [7, 11) is 0. The maximum Gasteiger partial charge on any atom is 0.316 e. The predicted molar refractivity (Wildman–Crippen MR) is 70.8 cm³/mol. The molecule has 98 valence electrons. The highest BCUT2D eigenvalue weighted by molar-refractivity contribution is 8.14. The zero-order valence-electron chi connectivity index (χ0n) is 10.6. The van der Waals surface area contributed by atoms with Crippen molar-refractivity contribution in [3.63, 3.8) is 0 Å². The van der Waals surface area contributed by atoms with E-state index in [2.05, 4.69) is 22.4 Å². The smallest absolute Gasteiger partial charge is 0.316 e. The Morgan fingerprint density at radius 1 is 1.53 bits per heavy atom. The number of carbonyl (C=O) groups is 1. The maximum absolute atomic E-state index is 11.3. The average molecular weight is 259 g/mol. The monoisotopic (exact) mass is 259 g/mol. The summed E-state index contributed by atoms with van der Waals surface area (Å²) >= 11 is 1.40. The first-order chi connectivity index (χ1) is 8.26. The van der Waals surface area contributed by atoms with Crippen LogP contribution >= 0.6 is 11.8 Å². The van der Waals surface area contributed by atoms with Gasteiger partial charge in [0.15, 0.2) is 5.17 Å². The molecule has 17 heavy (non-hydrogen) atoms. The SMILES string of the molecule is CCCCN1CN=C(SCC(=O)OCCC)N1. The zero-order chi connectivity index (χ0) is 12.5. The summed E-state index contributed by atoms with van der Waals surface area (Å²) in [5.41, 5.74) is 3.18. The van der Waals surface area contributed by atoms with E-state index in [-0.39, 0.29) is 5.97 Å². The number of hydrazine groups is 1. The van der Waals surface area contributed by atoms with Gasteiger partial charge in [0, 0.05) is 6.54 Å². The normalized spacial score (nSPS) is 15.5. The predicted octanol–water partition coefficient (Wildman–Crippen LogP) is 1.61. The Labute approximate surface area is 107 Å². The lowest BCUT2D eigenvalue weighted by Gasteiger charge is -2.14. The van der Waals surface area contributed by atoms with Crippen molar-refractivity contribution < 1.29 is 9.53 Å². The molecular weight excluding hydrogens is 238 g/mol. The third kappa shape index (κ3) is 5.93. The highest BCUT2D eigenvalue weighted by Gasteiger charge is 2.15. The van der Waals surface area contributed by atoms with Gasteiger partial charge in [-0.05, 0) is 12.8 Å². The van der Waals surface area contributed by atoms with E-state index in [1.807, 2.05) is 6.92 Å². The number of ether oxygens (including phenoxy) is 1. The fourth-order valence-electron chi connectivity index (χ4n) is 1.29. The molecule has 0 radical (unpaired) electrons.